The van der Waals surface area contributed by atoms with E-state index in [2.05, 4.69) is 14.9 Å². The van der Waals surface area contributed by atoms with Crippen LogP contribution in [0.1, 0.15) is 0 Å². The van der Waals surface area contributed by atoms with Gasteiger partial charge in [0.15, 0.2) is 0 Å². The minimum Gasteiger partial charge on any atom is -0.355 e. The average molecular weight is 199 g/mol. The van der Waals surface area contributed by atoms with Crippen molar-refractivity contribution in [3.05, 3.63) is 17.5 Å². The van der Waals surface area contributed by atoms with E-state index in [1.165, 1.54) is 6.20 Å². The van der Waals surface area contributed by atoms with E-state index in [4.69, 9.17) is 17.3 Å². The van der Waals surface area contributed by atoms with Crippen molar-refractivity contribution in [1.29, 1.82) is 0 Å². The summed E-state index contributed by atoms with van der Waals surface area (Å²) >= 11 is 5.72. The Labute approximate surface area is 81.7 Å². The molecule has 1 saturated heterocycles. The van der Waals surface area contributed by atoms with Crippen LogP contribution in [0.2, 0.25) is 5.15 Å². The number of aromatic nitrogens is 2. The zero-order chi connectivity index (χ0) is 9.26. The molecule has 0 aromatic carbocycles. The average Bonchev–Trinajstić information content (AvgIpc) is 2.02. The molecule has 5 heteroatoms. The van der Waals surface area contributed by atoms with Crippen molar-refractivity contribution in [2.45, 2.75) is 0 Å². The maximum Gasteiger partial charge on any atom is 0.149 e. The molecule has 70 valence electrons. The van der Waals surface area contributed by atoms with E-state index in [-0.39, 0.29) is 0 Å². The van der Waals surface area contributed by atoms with E-state index in [1.54, 1.807) is 6.20 Å². The van der Waals surface area contributed by atoms with Crippen molar-refractivity contribution in [2.24, 2.45) is 11.7 Å². The quantitative estimate of drug-likeness (QED) is 0.753. The molecule has 0 radical (unpaired) electrons. The zero-order valence-electron chi connectivity index (χ0n) is 7.15. The van der Waals surface area contributed by atoms with Gasteiger partial charge < -0.3 is 10.6 Å². The number of halogens is 1. The number of nitrogens with two attached hydrogens (primary N) is 1. The molecule has 0 aliphatic carbocycles. The summed E-state index contributed by atoms with van der Waals surface area (Å²) in [5, 5.41) is 0.439. The summed E-state index contributed by atoms with van der Waals surface area (Å²) < 4.78 is 0. The van der Waals surface area contributed by atoms with Gasteiger partial charge in [-0.25, -0.2) is 4.98 Å². The topological polar surface area (TPSA) is 55.0 Å². The van der Waals surface area contributed by atoms with Gasteiger partial charge in [-0.15, -0.1) is 0 Å². The lowest BCUT2D eigenvalue weighted by Crippen LogP contribution is -2.50. The second kappa shape index (κ2) is 3.47. The monoisotopic (exact) mass is 198 g/mol. The first-order valence-electron chi connectivity index (χ1n) is 4.22. The molecule has 1 aliphatic heterocycles. The van der Waals surface area contributed by atoms with Gasteiger partial charge in [-0.05, 0) is 6.54 Å². The van der Waals surface area contributed by atoms with Crippen molar-refractivity contribution >= 4 is 17.4 Å². The molecule has 1 aliphatic rings. The second-order valence-electron chi connectivity index (χ2n) is 3.21. The molecule has 1 aromatic heterocycles. The summed E-state index contributed by atoms with van der Waals surface area (Å²) in [4.78, 5) is 10.2. The van der Waals surface area contributed by atoms with Crippen LogP contribution in [0.15, 0.2) is 12.4 Å². The third-order valence-corrected chi connectivity index (χ3v) is 2.39. The number of anilines is 1. The first kappa shape index (κ1) is 8.72. The Morgan fingerprint density at radius 3 is 2.92 bits per heavy atom. The fraction of sp³-hybridized carbons (Fsp3) is 0.500. The maximum atomic E-state index is 5.72. The van der Waals surface area contributed by atoms with E-state index in [9.17, 15) is 0 Å². The summed E-state index contributed by atoms with van der Waals surface area (Å²) in [7, 11) is 0. The minimum absolute atomic E-state index is 0.439. The molecule has 2 N–H and O–H groups in total. The summed E-state index contributed by atoms with van der Waals surface area (Å²) in [6.45, 7) is 2.67. The van der Waals surface area contributed by atoms with E-state index >= 15 is 0 Å². The van der Waals surface area contributed by atoms with Crippen LogP contribution in [-0.4, -0.2) is 29.6 Å². The SMILES string of the molecule is NCC1CN(c2cncc(Cl)n2)C1. The van der Waals surface area contributed by atoms with Gasteiger partial charge in [0.25, 0.3) is 0 Å². The summed E-state index contributed by atoms with van der Waals surface area (Å²) in [6.07, 6.45) is 3.25. The van der Waals surface area contributed by atoms with Gasteiger partial charge in [0.2, 0.25) is 0 Å². The van der Waals surface area contributed by atoms with Gasteiger partial charge in [0.05, 0.1) is 12.4 Å². The standard InChI is InChI=1S/C8H11ClN4/c9-7-2-11-3-8(12-7)13-4-6(1-10)5-13/h2-3,6H,1,4-5,10H2. The lowest BCUT2D eigenvalue weighted by molar-refractivity contribution is 0.416. The Kier molecular flexibility index (Phi) is 2.33. The van der Waals surface area contributed by atoms with Gasteiger partial charge in [-0.2, -0.15) is 0 Å². The van der Waals surface area contributed by atoms with Crippen LogP contribution >= 0.6 is 11.6 Å². The molecule has 1 aromatic rings. The van der Waals surface area contributed by atoms with E-state index in [1.807, 2.05) is 0 Å². The Bertz CT molecular complexity index is 298. The number of nitrogens with zero attached hydrogens (tertiary/aromatic N) is 3. The smallest absolute Gasteiger partial charge is 0.149 e. The number of rotatable bonds is 2. The van der Waals surface area contributed by atoms with Gasteiger partial charge in [0, 0.05) is 19.0 Å². The van der Waals surface area contributed by atoms with Crippen molar-refractivity contribution < 1.29 is 0 Å². The molecule has 2 rings (SSSR count). The van der Waals surface area contributed by atoms with Crippen molar-refractivity contribution in [2.75, 3.05) is 24.5 Å². The highest BCUT2D eigenvalue weighted by molar-refractivity contribution is 6.29. The fourth-order valence-electron chi connectivity index (χ4n) is 1.39. The molecule has 0 unspecified atom stereocenters. The van der Waals surface area contributed by atoms with Crippen molar-refractivity contribution in [1.82, 2.24) is 9.97 Å². The second-order valence-corrected chi connectivity index (χ2v) is 3.59. The summed E-state index contributed by atoms with van der Waals surface area (Å²) in [5.74, 6) is 1.44. The molecule has 0 bridgehead atoms. The summed E-state index contributed by atoms with van der Waals surface area (Å²) in [5.41, 5.74) is 5.52. The molecule has 4 nitrogen and oxygen atoms in total. The van der Waals surface area contributed by atoms with E-state index in [0.717, 1.165) is 25.5 Å². The van der Waals surface area contributed by atoms with Gasteiger partial charge in [-0.3, -0.25) is 4.98 Å². The molecule has 0 spiro atoms. The Morgan fingerprint density at radius 2 is 2.31 bits per heavy atom. The van der Waals surface area contributed by atoms with E-state index in [0.29, 0.717) is 11.1 Å². The first-order valence-corrected chi connectivity index (χ1v) is 4.60. The Morgan fingerprint density at radius 1 is 1.54 bits per heavy atom. The number of hydrogen-bond acceptors (Lipinski definition) is 4. The normalized spacial score (nSPS) is 17.2. The largest absolute Gasteiger partial charge is 0.355 e. The van der Waals surface area contributed by atoms with Crippen LogP contribution < -0.4 is 10.6 Å². The van der Waals surface area contributed by atoms with Crippen LogP contribution in [0, 0.1) is 5.92 Å². The third-order valence-electron chi connectivity index (χ3n) is 2.21. The molecular weight excluding hydrogens is 188 g/mol. The molecular formula is C8H11ClN4. The highest BCUT2D eigenvalue weighted by Gasteiger charge is 2.26. The minimum atomic E-state index is 0.439. The third kappa shape index (κ3) is 1.73. The van der Waals surface area contributed by atoms with Crippen molar-refractivity contribution in [3.63, 3.8) is 0 Å². The van der Waals surface area contributed by atoms with Gasteiger partial charge >= 0.3 is 0 Å². The molecule has 0 atom stereocenters. The van der Waals surface area contributed by atoms with Crippen molar-refractivity contribution in [3.8, 4) is 0 Å². The number of hydrogen-bond donors (Lipinski definition) is 1. The first-order chi connectivity index (χ1) is 6.29. The predicted molar refractivity (Wildman–Crippen MR) is 51.8 cm³/mol. The molecule has 0 saturated carbocycles. The van der Waals surface area contributed by atoms with Gasteiger partial charge in [-0.1, -0.05) is 11.6 Å². The van der Waals surface area contributed by atoms with Crippen LogP contribution in [-0.2, 0) is 0 Å². The highest BCUT2D eigenvalue weighted by atomic mass is 35.5. The lowest BCUT2D eigenvalue weighted by atomic mass is 10.0. The van der Waals surface area contributed by atoms with E-state index < -0.39 is 0 Å². The zero-order valence-corrected chi connectivity index (χ0v) is 7.91. The van der Waals surface area contributed by atoms with Gasteiger partial charge in [0.1, 0.15) is 11.0 Å². The van der Waals surface area contributed by atoms with Crippen LogP contribution in [0.3, 0.4) is 0 Å². The Balaban J connectivity index is 2.03. The van der Waals surface area contributed by atoms with Crippen LogP contribution in [0.5, 0.6) is 0 Å². The highest BCUT2D eigenvalue weighted by Crippen LogP contribution is 2.21. The molecule has 1 fully saturated rings. The predicted octanol–water partition coefficient (Wildman–Crippen LogP) is 0.525. The fourth-order valence-corrected chi connectivity index (χ4v) is 1.53. The summed E-state index contributed by atoms with van der Waals surface area (Å²) in [6, 6.07) is 0. The lowest BCUT2D eigenvalue weighted by Gasteiger charge is -2.39. The molecule has 2 heterocycles. The molecule has 0 amide bonds. The Hall–Kier alpha value is -0.870. The van der Waals surface area contributed by atoms with Crippen LogP contribution in [0.4, 0.5) is 5.82 Å². The molecule has 13 heavy (non-hydrogen) atoms. The maximum absolute atomic E-state index is 5.72. The van der Waals surface area contributed by atoms with Crippen LogP contribution in [0.25, 0.3) is 0 Å².